The van der Waals surface area contributed by atoms with Crippen molar-refractivity contribution in [2.45, 2.75) is 26.9 Å². The average Bonchev–Trinajstić information content (AvgIpc) is 3.55. The van der Waals surface area contributed by atoms with Crippen LogP contribution in [-0.2, 0) is 6.18 Å². The molecule has 0 bridgehead atoms. The minimum absolute atomic E-state index is 0.424. The second-order valence-corrected chi connectivity index (χ2v) is 12.2. The Kier molecular flexibility index (Phi) is 6.32. The van der Waals surface area contributed by atoms with Crippen molar-refractivity contribution >= 4 is 43.6 Å². The first-order valence-electron chi connectivity index (χ1n) is 15.4. The highest BCUT2D eigenvalue weighted by molar-refractivity contribution is 6.12. The summed E-state index contributed by atoms with van der Waals surface area (Å²) in [7, 11) is 0. The van der Waals surface area contributed by atoms with Gasteiger partial charge in [0.15, 0.2) is 0 Å². The first-order valence-corrected chi connectivity index (χ1v) is 15.4. The van der Waals surface area contributed by atoms with Gasteiger partial charge in [-0.2, -0.15) is 18.4 Å². The zero-order chi connectivity index (χ0) is 32.6. The maximum Gasteiger partial charge on any atom is 0.416 e. The van der Waals surface area contributed by atoms with Crippen LogP contribution in [0, 0.1) is 32.1 Å². The van der Waals surface area contributed by atoms with Gasteiger partial charge in [0.25, 0.3) is 0 Å². The third kappa shape index (κ3) is 4.34. The number of fused-ring (bicyclic) bond motifs is 6. The molecule has 0 atom stereocenters. The fraction of sp³-hybridized carbons (Fsp3) is 0.0976. The van der Waals surface area contributed by atoms with Gasteiger partial charge in [-0.15, -0.1) is 0 Å². The molecule has 6 aromatic carbocycles. The second kappa shape index (κ2) is 10.4. The maximum atomic E-state index is 13.7. The zero-order valence-electron chi connectivity index (χ0n) is 25.9. The molecule has 0 aliphatic carbocycles. The number of hydrogen-bond donors (Lipinski definition) is 0. The van der Waals surface area contributed by atoms with E-state index >= 15 is 0 Å². The lowest BCUT2D eigenvalue weighted by atomic mass is 9.93. The van der Waals surface area contributed by atoms with Crippen LogP contribution in [0.2, 0.25) is 0 Å². The lowest BCUT2D eigenvalue weighted by molar-refractivity contribution is -0.137. The third-order valence-corrected chi connectivity index (χ3v) is 9.23. The Balaban J connectivity index is 1.55. The van der Waals surface area contributed by atoms with E-state index in [0.717, 1.165) is 60.8 Å². The van der Waals surface area contributed by atoms with Crippen molar-refractivity contribution in [1.29, 1.82) is 5.26 Å². The molecule has 8 aromatic rings. The van der Waals surface area contributed by atoms with Crippen LogP contribution in [0.25, 0.3) is 66.1 Å². The standard InChI is InChI=1S/C41H28F3N3/c1-24-12-17-37-32(20-24)29-8-4-6-10-35(29)46(37)39-19-16-31(28-15-14-27(22-26(28)3)41(42,43)44)40(34(39)23-45)47-36-11-7-5-9-30(36)33-21-25(2)13-18-38(33)47/h4-22H,1-3H3. The molecule has 0 amide bonds. The van der Waals surface area contributed by atoms with Crippen molar-refractivity contribution in [3.8, 4) is 28.6 Å². The van der Waals surface area contributed by atoms with Crippen LogP contribution in [0.5, 0.6) is 0 Å². The van der Waals surface area contributed by atoms with E-state index in [-0.39, 0.29) is 0 Å². The molecule has 0 spiro atoms. The van der Waals surface area contributed by atoms with E-state index < -0.39 is 11.7 Å². The maximum absolute atomic E-state index is 13.7. The number of halogens is 3. The van der Waals surface area contributed by atoms with Crippen molar-refractivity contribution in [1.82, 2.24) is 9.13 Å². The molecular weight excluding hydrogens is 591 g/mol. The van der Waals surface area contributed by atoms with E-state index in [9.17, 15) is 18.4 Å². The molecule has 2 aromatic heterocycles. The number of alkyl halides is 3. The number of nitrogens with zero attached hydrogens (tertiary/aromatic N) is 3. The Morgan fingerprint density at radius 1 is 0.553 bits per heavy atom. The Bertz CT molecular complexity index is 2610. The van der Waals surface area contributed by atoms with Crippen LogP contribution in [0.1, 0.15) is 27.8 Å². The minimum atomic E-state index is -4.46. The SMILES string of the molecule is Cc1ccc2c(c1)c1ccccc1n2-c1ccc(-c2ccc(C(F)(F)F)cc2C)c(-n2c3ccccc3c3cc(C)ccc32)c1C#N. The van der Waals surface area contributed by atoms with E-state index in [4.69, 9.17) is 0 Å². The van der Waals surface area contributed by atoms with Gasteiger partial charge in [-0.1, -0.05) is 71.8 Å². The molecule has 6 heteroatoms. The van der Waals surface area contributed by atoms with Crippen molar-refractivity contribution in [3.63, 3.8) is 0 Å². The van der Waals surface area contributed by atoms with E-state index in [2.05, 4.69) is 70.7 Å². The zero-order valence-corrected chi connectivity index (χ0v) is 25.9. The van der Waals surface area contributed by atoms with Crippen LogP contribution in [0.3, 0.4) is 0 Å². The molecule has 0 fully saturated rings. The number of para-hydroxylation sites is 2. The Morgan fingerprint density at radius 3 is 1.66 bits per heavy atom. The summed E-state index contributed by atoms with van der Waals surface area (Å²) in [6.07, 6.45) is -4.46. The Labute approximate surface area is 269 Å². The summed E-state index contributed by atoms with van der Waals surface area (Å²) in [6.45, 7) is 5.81. The molecule has 0 unspecified atom stereocenters. The van der Waals surface area contributed by atoms with Gasteiger partial charge in [-0.05, 0) is 86.5 Å². The minimum Gasteiger partial charge on any atom is -0.308 e. The number of aryl methyl sites for hydroxylation is 3. The summed E-state index contributed by atoms with van der Waals surface area (Å²) in [5.74, 6) is 0. The summed E-state index contributed by atoms with van der Waals surface area (Å²) in [5, 5.41) is 15.4. The molecule has 0 aliphatic rings. The lowest BCUT2D eigenvalue weighted by Crippen LogP contribution is -2.08. The number of benzene rings is 6. The molecule has 2 heterocycles. The van der Waals surface area contributed by atoms with Gasteiger partial charge in [-0.25, -0.2) is 0 Å². The van der Waals surface area contributed by atoms with E-state index in [1.807, 2.05) is 55.5 Å². The van der Waals surface area contributed by atoms with Crippen molar-refractivity contribution < 1.29 is 13.2 Å². The van der Waals surface area contributed by atoms with Crippen LogP contribution >= 0.6 is 0 Å². The van der Waals surface area contributed by atoms with Gasteiger partial charge in [0.05, 0.1) is 39.0 Å². The van der Waals surface area contributed by atoms with Gasteiger partial charge in [0.1, 0.15) is 11.6 Å². The molecule has 47 heavy (non-hydrogen) atoms. The average molecular weight is 620 g/mol. The first kappa shape index (κ1) is 28.7. The third-order valence-electron chi connectivity index (χ3n) is 9.23. The van der Waals surface area contributed by atoms with Gasteiger partial charge in [0, 0.05) is 27.1 Å². The van der Waals surface area contributed by atoms with E-state index in [1.54, 1.807) is 6.92 Å². The summed E-state index contributed by atoms with van der Waals surface area (Å²) < 4.78 is 45.5. The highest BCUT2D eigenvalue weighted by Gasteiger charge is 2.31. The molecule has 0 aliphatic heterocycles. The highest BCUT2D eigenvalue weighted by atomic mass is 19.4. The predicted molar refractivity (Wildman–Crippen MR) is 184 cm³/mol. The molecular formula is C41H28F3N3. The topological polar surface area (TPSA) is 33.6 Å². The number of hydrogen-bond acceptors (Lipinski definition) is 1. The molecule has 228 valence electrons. The fourth-order valence-corrected chi connectivity index (χ4v) is 7.14. The predicted octanol–water partition coefficient (Wildman–Crippen LogP) is 11.4. The monoisotopic (exact) mass is 619 g/mol. The smallest absolute Gasteiger partial charge is 0.308 e. The molecule has 3 nitrogen and oxygen atoms in total. The first-order chi connectivity index (χ1) is 22.7. The van der Waals surface area contributed by atoms with Gasteiger partial charge in [-0.3, -0.25) is 0 Å². The lowest BCUT2D eigenvalue weighted by Gasteiger charge is -2.21. The quantitative estimate of drug-likeness (QED) is 0.194. The number of aromatic nitrogens is 2. The molecule has 0 N–H and O–H groups in total. The van der Waals surface area contributed by atoms with Gasteiger partial charge < -0.3 is 9.13 Å². The van der Waals surface area contributed by atoms with Crippen LogP contribution < -0.4 is 0 Å². The number of nitriles is 1. The van der Waals surface area contributed by atoms with Crippen LogP contribution in [0.15, 0.2) is 115 Å². The molecule has 0 saturated carbocycles. The Hall–Kier alpha value is -5.80. The van der Waals surface area contributed by atoms with Crippen molar-refractivity contribution in [3.05, 3.63) is 143 Å². The fourth-order valence-electron chi connectivity index (χ4n) is 7.14. The van der Waals surface area contributed by atoms with Crippen LogP contribution in [-0.4, -0.2) is 9.13 Å². The largest absolute Gasteiger partial charge is 0.416 e. The summed E-state index contributed by atoms with van der Waals surface area (Å²) >= 11 is 0. The summed E-state index contributed by atoms with van der Waals surface area (Å²) in [6, 6.07) is 39.1. The van der Waals surface area contributed by atoms with Gasteiger partial charge in [0.2, 0.25) is 0 Å². The molecule has 8 rings (SSSR count). The van der Waals surface area contributed by atoms with Gasteiger partial charge >= 0.3 is 6.18 Å². The van der Waals surface area contributed by atoms with E-state index in [1.165, 1.54) is 12.1 Å². The van der Waals surface area contributed by atoms with Crippen molar-refractivity contribution in [2.24, 2.45) is 0 Å². The van der Waals surface area contributed by atoms with Crippen LogP contribution in [0.4, 0.5) is 13.2 Å². The van der Waals surface area contributed by atoms with E-state index in [0.29, 0.717) is 33.6 Å². The Morgan fingerprint density at radius 2 is 1.09 bits per heavy atom. The summed E-state index contributed by atoms with van der Waals surface area (Å²) in [4.78, 5) is 0. The summed E-state index contributed by atoms with van der Waals surface area (Å²) in [5.41, 5.74) is 8.82. The second-order valence-electron chi connectivity index (χ2n) is 12.2. The normalized spacial score (nSPS) is 12.0. The van der Waals surface area contributed by atoms with Crippen molar-refractivity contribution in [2.75, 3.05) is 0 Å². The molecule has 0 saturated heterocycles. The molecule has 0 radical (unpaired) electrons. The highest BCUT2D eigenvalue weighted by Crippen LogP contribution is 2.43. The number of rotatable bonds is 3.